The van der Waals surface area contributed by atoms with Crippen LogP contribution < -0.4 is 5.69 Å². The molecule has 0 spiro atoms. The molecule has 60 valence electrons. The summed E-state index contributed by atoms with van der Waals surface area (Å²) in [7, 11) is 0. The van der Waals surface area contributed by atoms with E-state index in [4.69, 9.17) is 4.11 Å². The molecule has 0 aliphatic carbocycles. The summed E-state index contributed by atoms with van der Waals surface area (Å²) in [5.41, 5.74) is -0.152. The first-order valence-corrected chi connectivity index (χ1v) is 3.33. The van der Waals surface area contributed by atoms with Crippen molar-refractivity contribution in [2.45, 2.75) is 0 Å². The maximum absolute atomic E-state index is 11.3. The molecular formula is C8H7N3O. The molecule has 0 amide bonds. The smallest absolute Gasteiger partial charge is 0.293 e. The van der Waals surface area contributed by atoms with E-state index in [-0.39, 0.29) is 5.52 Å². The van der Waals surface area contributed by atoms with Crippen molar-refractivity contribution in [1.29, 1.82) is 0 Å². The lowest BCUT2D eigenvalue weighted by Gasteiger charge is -2.00. The molecule has 0 radical (unpaired) electrons. The van der Waals surface area contributed by atoms with E-state index < -0.39 is 12.7 Å². The van der Waals surface area contributed by atoms with Gasteiger partial charge in [0.25, 0.3) is 0 Å². The molecule has 0 aliphatic rings. The molecule has 2 rings (SSSR count). The Hall–Kier alpha value is -1.71. The molecule has 2 aromatic rings. The van der Waals surface area contributed by atoms with Gasteiger partial charge in [-0.2, -0.15) is 4.98 Å². The minimum Gasteiger partial charge on any atom is -0.293 e. The minimum absolute atomic E-state index is 0.262. The fourth-order valence-corrected chi connectivity index (χ4v) is 0.975. The number of aryl methyl sites for hydroxylation is 1. The quantitative estimate of drug-likeness (QED) is 0.563. The average Bonchev–Trinajstić information content (AvgIpc) is 2.15. The summed E-state index contributed by atoms with van der Waals surface area (Å²) in [6, 6.07) is 3.10. The normalized spacial score (nSPS) is 15.2. The van der Waals surface area contributed by atoms with Gasteiger partial charge in [0.05, 0.1) is 11.7 Å². The highest BCUT2D eigenvalue weighted by Crippen LogP contribution is 2.03. The largest absolute Gasteiger partial charge is 0.347 e. The molecule has 0 saturated carbocycles. The molecule has 0 unspecified atom stereocenters. The summed E-state index contributed by atoms with van der Waals surface area (Å²) in [4.78, 5) is 18.7. The Morgan fingerprint density at radius 1 is 1.58 bits per heavy atom. The second-order valence-corrected chi connectivity index (χ2v) is 2.28. The second kappa shape index (κ2) is 2.41. The number of fused-ring (bicyclic) bond motifs is 1. The van der Waals surface area contributed by atoms with E-state index in [1.54, 1.807) is 6.07 Å². The molecule has 4 nitrogen and oxygen atoms in total. The van der Waals surface area contributed by atoms with Crippen molar-refractivity contribution in [2.75, 3.05) is 0 Å². The molecule has 2 aromatic heterocycles. The molecule has 0 fully saturated rings. The third-order valence-corrected chi connectivity index (χ3v) is 1.55. The number of aromatic nitrogens is 3. The van der Waals surface area contributed by atoms with Gasteiger partial charge in [0.2, 0.25) is 0 Å². The van der Waals surface area contributed by atoms with E-state index in [1.807, 2.05) is 0 Å². The minimum atomic E-state index is -2.54. The number of hydrogen-bond donors (Lipinski definition) is 0. The van der Waals surface area contributed by atoms with Crippen LogP contribution in [0.3, 0.4) is 0 Å². The third-order valence-electron chi connectivity index (χ3n) is 1.55. The van der Waals surface area contributed by atoms with Gasteiger partial charge in [0, 0.05) is 17.3 Å². The second-order valence-electron chi connectivity index (χ2n) is 2.28. The number of rotatable bonds is 0. The molecule has 4 heteroatoms. The molecule has 0 bridgehead atoms. The van der Waals surface area contributed by atoms with Crippen LogP contribution in [0, 0.1) is 0 Å². The van der Waals surface area contributed by atoms with Crippen LogP contribution in [0.1, 0.15) is 4.11 Å². The van der Waals surface area contributed by atoms with Crippen molar-refractivity contribution < 1.29 is 4.11 Å². The number of hydrogen-bond acceptors (Lipinski definition) is 3. The molecule has 2 heterocycles. The highest BCUT2D eigenvalue weighted by atomic mass is 16.1. The topological polar surface area (TPSA) is 47.8 Å². The zero-order valence-electron chi connectivity index (χ0n) is 9.06. The summed E-state index contributed by atoms with van der Waals surface area (Å²) < 4.78 is 22.3. The van der Waals surface area contributed by atoms with E-state index in [9.17, 15) is 4.79 Å². The van der Waals surface area contributed by atoms with Crippen LogP contribution >= 0.6 is 0 Å². The molecule has 0 atom stereocenters. The molecule has 0 aromatic carbocycles. The van der Waals surface area contributed by atoms with Crippen molar-refractivity contribution in [3.05, 3.63) is 35.0 Å². The van der Waals surface area contributed by atoms with Crippen molar-refractivity contribution in [3.63, 3.8) is 0 Å². The first kappa shape index (κ1) is 4.35. The van der Waals surface area contributed by atoms with Crippen LogP contribution in [0.25, 0.3) is 11.0 Å². The lowest BCUT2D eigenvalue weighted by atomic mass is 10.4. The first-order valence-electron chi connectivity index (χ1n) is 4.83. The molecule has 12 heavy (non-hydrogen) atoms. The van der Waals surface area contributed by atoms with E-state index in [0.29, 0.717) is 10.1 Å². The van der Waals surface area contributed by atoms with Gasteiger partial charge >= 0.3 is 5.69 Å². The van der Waals surface area contributed by atoms with E-state index in [1.165, 1.54) is 18.5 Å². The zero-order chi connectivity index (χ0) is 11.1. The molecule has 0 saturated heterocycles. The predicted molar refractivity (Wildman–Crippen MR) is 44.8 cm³/mol. The van der Waals surface area contributed by atoms with Crippen LogP contribution in [0.15, 0.2) is 29.3 Å². The lowest BCUT2D eigenvalue weighted by Crippen LogP contribution is -2.19. The molecular weight excluding hydrogens is 154 g/mol. The Bertz CT molecular complexity index is 561. The Morgan fingerprint density at radius 2 is 2.50 bits per heavy atom. The van der Waals surface area contributed by atoms with Gasteiger partial charge in [-0.05, 0) is 12.1 Å². The van der Waals surface area contributed by atoms with Crippen molar-refractivity contribution in [3.8, 4) is 0 Å². The van der Waals surface area contributed by atoms with E-state index in [2.05, 4.69) is 9.97 Å². The summed E-state index contributed by atoms with van der Waals surface area (Å²) >= 11 is 0. The summed E-state index contributed by atoms with van der Waals surface area (Å²) in [5, 5.41) is 0. The van der Waals surface area contributed by atoms with E-state index >= 15 is 0 Å². The molecule has 0 aliphatic heterocycles. The van der Waals surface area contributed by atoms with Crippen molar-refractivity contribution >= 4 is 11.0 Å². The van der Waals surface area contributed by atoms with Gasteiger partial charge in [-0.3, -0.25) is 9.55 Å². The van der Waals surface area contributed by atoms with Crippen LogP contribution in [0.4, 0.5) is 0 Å². The fraction of sp³-hybridized carbons (Fsp3) is 0.125. The Balaban J connectivity index is 2.93. The van der Waals surface area contributed by atoms with Crippen LogP contribution in [0.2, 0.25) is 0 Å². The van der Waals surface area contributed by atoms with Crippen LogP contribution in [-0.4, -0.2) is 14.5 Å². The fourth-order valence-electron chi connectivity index (χ4n) is 0.975. The van der Waals surface area contributed by atoms with Crippen molar-refractivity contribution in [2.24, 2.45) is 6.98 Å². The van der Waals surface area contributed by atoms with E-state index in [0.717, 1.165) is 0 Å². The van der Waals surface area contributed by atoms with Crippen LogP contribution in [0.5, 0.6) is 0 Å². The monoisotopic (exact) mass is 164 g/mol. The maximum atomic E-state index is 11.3. The Morgan fingerprint density at radius 3 is 3.33 bits per heavy atom. The number of nitrogens with zero attached hydrogens (tertiary/aromatic N) is 3. The van der Waals surface area contributed by atoms with Gasteiger partial charge in [-0.25, -0.2) is 4.79 Å². The van der Waals surface area contributed by atoms with Crippen LogP contribution in [-0.2, 0) is 6.98 Å². The highest BCUT2D eigenvalue weighted by Gasteiger charge is 1.97. The predicted octanol–water partition coefficient (Wildman–Crippen LogP) is 0.328. The standard InChI is InChI=1S/C8H7N3O/c1-11-7-3-2-4-9-6(7)5-10-8(11)12/h2-5H,1H3/i1D3. The lowest BCUT2D eigenvalue weighted by molar-refractivity contribution is 0.849. The first-order chi connectivity index (χ1) is 7.00. The summed E-state index contributed by atoms with van der Waals surface area (Å²) in [6.07, 6.45) is 2.78. The number of pyridine rings is 1. The summed E-state index contributed by atoms with van der Waals surface area (Å²) in [6.45, 7) is -2.54. The van der Waals surface area contributed by atoms with Gasteiger partial charge in [-0.15, -0.1) is 0 Å². The molecule has 0 N–H and O–H groups in total. The highest BCUT2D eigenvalue weighted by molar-refractivity contribution is 5.72. The average molecular weight is 164 g/mol. The van der Waals surface area contributed by atoms with Gasteiger partial charge in [0.1, 0.15) is 5.52 Å². The maximum Gasteiger partial charge on any atom is 0.347 e. The SMILES string of the molecule is [2H]C([2H])([2H])n1c(=O)ncc2ncccc21. The third kappa shape index (κ3) is 0.887. The van der Waals surface area contributed by atoms with Gasteiger partial charge in [0.15, 0.2) is 0 Å². The van der Waals surface area contributed by atoms with Gasteiger partial charge in [-0.1, -0.05) is 0 Å². The Kier molecular flexibility index (Phi) is 0.872. The summed E-state index contributed by atoms with van der Waals surface area (Å²) in [5.74, 6) is 0. The van der Waals surface area contributed by atoms with Gasteiger partial charge < -0.3 is 0 Å². The zero-order valence-corrected chi connectivity index (χ0v) is 6.06. The van der Waals surface area contributed by atoms with Crippen molar-refractivity contribution in [1.82, 2.24) is 14.5 Å². The Labute approximate surface area is 72.7 Å².